The van der Waals surface area contributed by atoms with Gasteiger partial charge in [0.1, 0.15) is 0 Å². The van der Waals surface area contributed by atoms with E-state index in [0.29, 0.717) is 0 Å². The zero-order chi connectivity index (χ0) is 25.5. The molecule has 2 aromatic rings. The van der Waals surface area contributed by atoms with Gasteiger partial charge in [-0.15, -0.1) is 0 Å². The van der Waals surface area contributed by atoms with E-state index in [1.54, 1.807) is 0 Å². The van der Waals surface area contributed by atoms with E-state index in [4.69, 9.17) is 0 Å². The highest BCUT2D eigenvalue weighted by molar-refractivity contribution is 6.11. The SMILES string of the molecule is O=C1C(=CC=Cc2cc3c4c(c2)CCCN4CCC3)CCC1=CC=Cc1cc2c3c(c1)CCCN3CCC2. The molecule has 0 radical (unpaired) electrons. The third-order valence-electron chi connectivity index (χ3n) is 9.13. The highest BCUT2D eigenvalue weighted by atomic mass is 16.1. The monoisotopic (exact) mass is 502 g/mol. The summed E-state index contributed by atoms with van der Waals surface area (Å²) in [5.74, 6) is 0.214. The Morgan fingerprint density at radius 1 is 0.526 bits per heavy atom. The van der Waals surface area contributed by atoms with Crippen LogP contribution in [0.4, 0.5) is 11.4 Å². The van der Waals surface area contributed by atoms with Crippen LogP contribution in [0.1, 0.15) is 71.9 Å². The summed E-state index contributed by atoms with van der Waals surface area (Å²) in [4.78, 5) is 18.2. The van der Waals surface area contributed by atoms with Crippen LogP contribution >= 0.6 is 0 Å². The van der Waals surface area contributed by atoms with Gasteiger partial charge in [-0.3, -0.25) is 4.79 Å². The van der Waals surface area contributed by atoms with Crippen LogP contribution in [0.3, 0.4) is 0 Å². The van der Waals surface area contributed by atoms with E-state index in [0.717, 1.165) is 24.0 Å². The molecule has 7 rings (SSSR count). The van der Waals surface area contributed by atoms with Crippen molar-refractivity contribution in [2.24, 2.45) is 0 Å². The molecule has 5 aliphatic rings. The van der Waals surface area contributed by atoms with Crippen molar-refractivity contribution >= 4 is 29.3 Å². The van der Waals surface area contributed by atoms with Crippen LogP contribution in [-0.4, -0.2) is 32.0 Å². The second kappa shape index (κ2) is 10.1. The van der Waals surface area contributed by atoms with E-state index in [9.17, 15) is 4.79 Å². The standard InChI is InChI=1S/C35H38N2O/c38-35-27(9-1-7-25-21-29-11-3-17-36-18-4-12-30(22-25)33(29)36)15-16-28(35)10-2-8-26-23-31-13-5-19-37-20-6-14-32(24-26)34(31)37/h1-2,7-10,21-24H,3-6,11-20H2. The number of rotatable bonds is 4. The number of allylic oxidation sites excluding steroid dienone is 6. The molecule has 3 heteroatoms. The summed E-state index contributed by atoms with van der Waals surface area (Å²) < 4.78 is 0. The Morgan fingerprint density at radius 2 is 0.895 bits per heavy atom. The topological polar surface area (TPSA) is 23.6 Å². The molecular weight excluding hydrogens is 464 g/mol. The molecule has 3 nitrogen and oxygen atoms in total. The van der Waals surface area contributed by atoms with Gasteiger partial charge in [-0.1, -0.05) is 36.5 Å². The molecule has 0 saturated heterocycles. The fraction of sp³-hybridized carbons (Fsp3) is 0.400. The average Bonchev–Trinajstić information content (AvgIpc) is 3.28. The molecule has 0 aromatic heterocycles. The minimum atomic E-state index is 0.214. The molecule has 0 bridgehead atoms. The Bertz CT molecular complexity index is 1240. The minimum Gasteiger partial charge on any atom is -0.371 e. The zero-order valence-corrected chi connectivity index (χ0v) is 22.5. The number of ketones is 1. The van der Waals surface area contributed by atoms with Crippen molar-refractivity contribution < 1.29 is 4.79 Å². The quantitative estimate of drug-likeness (QED) is 0.420. The van der Waals surface area contributed by atoms with Gasteiger partial charge in [0, 0.05) is 48.7 Å². The lowest BCUT2D eigenvalue weighted by Crippen LogP contribution is -2.34. The second-order valence-corrected chi connectivity index (χ2v) is 11.7. The van der Waals surface area contributed by atoms with Gasteiger partial charge in [0.05, 0.1) is 0 Å². The first kappa shape index (κ1) is 23.8. The van der Waals surface area contributed by atoms with Crippen molar-refractivity contribution in [1.82, 2.24) is 0 Å². The number of hydrogen-bond acceptors (Lipinski definition) is 3. The second-order valence-electron chi connectivity index (χ2n) is 11.7. The first-order chi connectivity index (χ1) is 18.7. The average molecular weight is 503 g/mol. The van der Waals surface area contributed by atoms with Crippen LogP contribution in [0, 0.1) is 0 Å². The molecule has 4 heterocycles. The van der Waals surface area contributed by atoms with Gasteiger partial charge < -0.3 is 9.80 Å². The number of Topliss-reactive ketones (excluding diaryl/α,β-unsaturated/α-hetero) is 1. The lowest BCUT2D eigenvalue weighted by Gasteiger charge is -2.37. The predicted octanol–water partition coefficient (Wildman–Crippen LogP) is 7.03. The van der Waals surface area contributed by atoms with Crippen molar-refractivity contribution in [3.63, 3.8) is 0 Å². The molecule has 0 N–H and O–H groups in total. The molecule has 0 amide bonds. The van der Waals surface area contributed by atoms with Crippen molar-refractivity contribution in [2.75, 3.05) is 36.0 Å². The van der Waals surface area contributed by atoms with Crippen LogP contribution in [0.5, 0.6) is 0 Å². The Balaban J connectivity index is 1.04. The van der Waals surface area contributed by atoms with Crippen molar-refractivity contribution in [3.8, 4) is 0 Å². The number of hydrogen-bond donors (Lipinski definition) is 0. The van der Waals surface area contributed by atoms with Crippen molar-refractivity contribution in [2.45, 2.75) is 64.2 Å². The van der Waals surface area contributed by atoms with Crippen LogP contribution in [0.2, 0.25) is 0 Å². The van der Waals surface area contributed by atoms with Gasteiger partial charge >= 0.3 is 0 Å². The Labute approximate surface area is 227 Å². The first-order valence-corrected chi connectivity index (χ1v) is 14.8. The summed E-state index contributed by atoms with van der Waals surface area (Å²) in [7, 11) is 0. The van der Waals surface area contributed by atoms with Gasteiger partial charge in [0.15, 0.2) is 5.78 Å². The first-order valence-electron chi connectivity index (χ1n) is 14.8. The number of carbonyl (C=O) groups is 1. The van der Waals surface area contributed by atoms with E-state index in [1.807, 2.05) is 12.2 Å². The highest BCUT2D eigenvalue weighted by Crippen LogP contribution is 2.37. The lowest BCUT2D eigenvalue weighted by molar-refractivity contribution is -0.111. The highest BCUT2D eigenvalue weighted by Gasteiger charge is 2.25. The summed E-state index contributed by atoms with van der Waals surface area (Å²) in [6.07, 6.45) is 24.1. The molecule has 1 aliphatic carbocycles. The van der Waals surface area contributed by atoms with Gasteiger partial charge in [-0.25, -0.2) is 0 Å². The molecular formula is C35H38N2O. The summed E-state index contributed by atoms with van der Waals surface area (Å²) in [6.45, 7) is 4.84. The van der Waals surface area contributed by atoms with E-state index in [-0.39, 0.29) is 5.78 Å². The summed E-state index contributed by atoms with van der Waals surface area (Å²) >= 11 is 0. The molecule has 194 valence electrons. The number of benzene rings is 2. The molecule has 1 fully saturated rings. The summed E-state index contributed by atoms with van der Waals surface area (Å²) in [5, 5.41) is 0. The minimum absolute atomic E-state index is 0.214. The third kappa shape index (κ3) is 4.46. The van der Waals surface area contributed by atoms with Crippen molar-refractivity contribution in [1.29, 1.82) is 0 Å². The lowest BCUT2D eigenvalue weighted by atomic mass is 9.90. The number of anilines is 2. The Kier molecular flexibility index (Phi) is 6.31. The van der Waals surface area contributed by atoms with Crippen LogP contribution in [-0.2, 0) is 30.5 Å². The number of nitrogens with zero attached hydrogens (tertiary/aromatic N) is 2. The fourth-order valence-corrected chi connectivity index (χ4v) is 7.42. The molecule has 0 spiro atoms. The molecule has 1 saturated carbocycles. The molecule has 38 heavy (non-hydrogen) atoms. The third-order valence-corrected chi connectivity index (χ3v) is 9.13. The fourth-order valence-electron chi connectivity index (χ4n) is 7.42. The van der Waals surface area contributed by atoms with Gasteiger partial charge in [0.25, 0.3) is 0 Å². The summed E-state index contributed by atoms with van der Waals surface area (Å²) in [6, 6.07) is 9.46. The van der Waals surface area contributed by atoms with Crippen LogP contribution in [0.25, 0.3) is 12.2 Å². The predicted molar refractivity (Wildman–Crippen MR) is 159 cm³/mol. The Hall–Kier alpha value is -3.33. The molecule has 0 unspecified atom stereocenters. The van der Waals surface area contributed by atoms with Gasteiger partial charge in [-0.05, 0) is 122 Å². The number of aryl methyl sites for hydroxylation is 4. The van der Waals surface area contributed by atoms with Crippen LogP contribution in [0.15, 0.2) is 59.7 Å². The summed E-state index contributed by atoms with van der Waals surface area (Å²) in [5.41, 5.74) is 13.5. The van der Waals surface area contributed by atoms with Gasteiger partial charge in [-0.2, -0.15) is 0 Å². The van der Waals surface area contributed by atoms with Gasteiger partial charge in [0.2, 0.25) is 0 Å². The smallest absolute Gasteiger partial charge is 0.185 e. The van der Waals surface area contributed by atoms with E-state index < -0.39 is 0 Å². The maximum atomic E-state index is 13.0. The maximum absolute atomic E-state index is 13.0. The molecule has 4 aliphatic heterocycles. The van der Waals surface area contributed by atoms with E-state index in [1.165, 1.54) is 122 Å². The van der Waals surface area contributed by atoms with Crippen molar-refractivity contribution in [3.05, 3.63) is 93.1 Å². The van der Waals surface area contributed by atoms with E-state index in [2.05, 4.69) is 58.4 Å². The zero-order valence-electron chi connectivity index (χ0n) is 22.5. The van der Waals surface area contributed by atoms with Crippen LogP contribution < -0.4 is 9.80 Å². The molecule has 0 atom stereocenters. The maximum Gasteiger partial charge on any atom is 0.185 e. The largest absolute Gasteiger partial charge is 0.371 e. The normalized spacial score (nSPS) is 22.7. The molecule has 2 aromatic carbocycles. The number of carbonyl (C=O) groups excluding carboxylic acids is 1. The Morgan fingerprint density at radius 3 is 1.26 bits per heavy atom. The van der Waals surface area contributed by atoms with E-state index >= 15 is 0 Å².